The van der Waals surface area contributed by atoms with Gasteiger partial charge in [0.1, 0.15) is 0 Å². The minimum atomic E-state index is -0.250. The fraction of sp³-hybridized carbons (Fsp3) is 1.00. The van der Waals surface area contributed by atoms with Crippen LogP contribution >= 0.6 is 12.3 Å². The van der Waals surface area contributed by atoms with Crippen molar-refractivity contribution in [1.82, 2.24) is 0 Å². The smallest absolute Gasteiger partial charge is 0.152 e. The molecule has 0 atom stereocenters. The van der Waals surface area contributed by atoms with Gasteiger partial charge in [-0.25, -0.2) is 0 Å². The summed E-state index contributed by atoms with van der Waals surface area (Å²) in [5, 5.41) is 0. The van der Waals surface area contributed by atoms with E-state index < -0.39 is 0 Å². The Kier molecular flexibility index (Phi) is 23.3. The van der Waals surface area contributed by atoms with Gasteiger partial charge in [-0.3, -0.25) is 0 Å². The normalized spacial score (nSPS) is 9.60. The van der Waals surface area contributed by atoms with Gasteiger partial charge >= 0.3 is 0 Å². The molecule has 0 saturated carbocycles. The summed E-state index contributed by atoms with van der Waals surface area (Å²) in [7, 11) is 0. The van der Waals surface area contributed by atoms with E-state index in [0.29, 0.717) is 0 Å². The van der Waals surface area contributed by atoms with E-state index in [0.717, 1.165) is 0 Å². The van der Waals surface area contributed by atoms with Crippen LogP contribution in [0.15, 0.2) is 0 Å². The van der Waals surface area contributed by atoms with Crippen molar-refractivity contribution in [3.8, 4) is 0 Å². The highest BCUT2D eigenvalue weighted by atomic mass is 32.2. The highest BCUT2D eigenvalue weighted by molar-refractivity contribution is 7.87. The molecule has 0 fully saturated rings. The third-order valence-electron chi connectivity index (χ3n) is 2.46. The zero-order valence-corrected chi connectivity index (χ0v) is 11.2. The molecule has 0 aliphatic heterocycles. The van der Waals surface area contributed by atoms with Crippen LogP contribution in [-0.2, 0) is 0 Å². The van der Waals surface area contributed by atoms with Crippen LogP contribution in [0, 0.1) is 0 Å². The number of hydrogen-bond donors (Lipinski definition) is 2. The minimum Gasteiger partial charge on any atom is -0.307 e. The number of rotatable bonds is 9. The van der Waals surface area contributed by atoms with E-state index in [1.54, 1.807) is 0 Å². The van der Waals surface area contributed by atoms with Gasteiger partial charge in [-0.2, -0.15) is 0 Å². The van der Waals surface area contributed by atoms with Gasteiger partial charge in [0.15, 0.2) is 12.3 Å². The Morgan fingerprint density at radius 2 is 0.800 bits per heavy atom. The number of unbranched alkanes of at least 4 members (excludes halogenated alkanes) is 9. The van der Waals surface area contributed by atoms with E-state index >= 15 is 0 Å². The van der Waals surface area contributed by atoms with E-state index in [2.05, 4.69) is 13.8 Å². The second-order valence-corrected chi connectivity index (χ2v) is 4.07. The molecule has 0 saturated heterocycles. The second-order valence-electron chi connectivity index (χ2n) is 3.91. The molecular formula is C12H28O2S. The van der Waals surface area contributed by atoms with Crippen molar-refractivity contribution < 1.29 is 9.11 Å². The van der Waals surface area contributed by atoms with E-state index in [1.165, 1.54) is 64.2 Å². The number of hydrogen-bond acceptors (Lipinski definition) is 3. The van der Waals surface area contributed by atoms with Gasteiger partial charge < -0.3 is 9.11 Å². The van der Waals surface area contributed by atoms with Crippen molar-refractivity contribution in [3.63, 3.8) is 0 Å². The molecule has 0 aromatic carbocycles. The quantitative estimate of drug-likeness (QED) is 0.405. The lowest BCUT2D eigenvalue weighted by atomic mass is 10.1. The van der Waals surface area contributed by atoms with Crippen molar-refractivity contribution in [3.05, 3.63) is 0 Å². The lowest BCUT2D eigenvalue weighted by molar-refractivity contribution is 0.541. The second kappa shape index (κ2) is 19.8. The Balaban J connectivity index is 0. The van der Waals surface area contributed by atoms with Crippen molar-refractivity contribution in [2.45, 2.75) is 78.1 Å². The molecule has 0 rings (SSSR count). The van der Waals surface area contributed by atoms with Gasteiger partial charge in [0.25, 0.3) is 0 Å². The Labute approximate surface area is 99.9 Å². The van der Waals surface area contributed by atoms with Crippen LogP contribution in [0.1, 0.15) is 78.1 Å². The zero-order chi connectivity index (χ0) is 11.8. The largest absolute Gasteiger partial charge is 0.307 e. The first-order valence-corrected chi connectivity index (χ1v) is 7.01. The van der Waals surface area contributed by atoms with Gasteiger partial charge in [0.05, 0.1) is 0 Å². The van der Waals surface area contributed by atoms with E-state index in [9.17, 15) is 0 Å². The molecule has 0 aromatic heterocycles. The molecule has 0 radical (unpaired) electrons. The first-order chi connectivity index (χ1) is 7.33. The first-order valence-electron chi connectivity index (χ1n) is 6.28. The Bertz CT molecular complexity index is 79.7. The fourth-order valence-electron chi connectivity index (χ4n) is 1.56. The van der Waals surface area contributed by atoms with Gasteiger partial charge in [-0.1, -0.05) is 78.1 Å². The maximum absolute atomic E-state index is 7.04. The van der Waals surface area contributed by atoms with Gasteiger partial charge in [-0.05, 0) is 0 Å². The first kappa shape index (κ1) is 17.7. The highest BCUT2D eigenvalue weighted by Crippen LogP contribution is 2.09. The summed E-state index contributed by atoms with van der Waals surface area (Å²) < 4.78 is 14.1. The molecule has 0 unspecified atom stereocenters. The monoisotopic (exact) mass is 236 g/mol. The zero-order valence-electron chi connectivity index (χ0n) is 10.4. The fourth-order valence-corrected chi connectivity index (χ4v) is 1.56. The molecule has 15 heavy (non-hydrogen) atoms. The van der Waals surface area contributed by atoms with Crippen LogP contribution in [-0.4, -0.2) is 9.11 Å². The maximum Gasteiger partial charge on any atom is 0.152 e. The van der Waals surface area contributed by atoms with E-state index in [4.69, 9.17) is 9.11 Å². The molecule has 0 amide bonds. The molecule has 3 heteroatoms. The predicted octanol–water partition coefficient (Wildman–Crippen LogP) is 5.59. The lowest BCUT2D eigenvalue weighted by Gasteiger charge is -1.99. The van der Waals surface area contributed by atoms with Crippen molar-refractivity contribution in [1.29, 1.82) is 0 Å². The Hall–Kier alpha value is 0.270. The van der Waals surface area contributed by atoms with Crippen LogP contribution in [0.3, 0.4) is 0 Å². The van der Waals surface area contributed by atoms with Crippen LogP contribution in [0.4, 0.5) is 0 Å². The van der Waals surface area contributed by atoms with Gasteiger partial charge in [-0.15, -0.1) is 0 Å². The molecule has 0 heterocycles. The van der Waals surface area contributed by atoms with E-state index in [1.807, 2.05) is 0 Å². The molecular weight excluding hydrogens is 208 g/mol. The average molecular weight is 236 g/mol. The summed E-state index contributed by atoms with van der Waals surface area (Å²) in [6, 6.07) is 0. The van der Waals surface area contributed by atoms with Crippen LogP contribution in [0.25, 0.3) is 0 Å². The molecule has 0 bridgehead atoms. The SMILES string of the molecule is CCCCCCCCCCCC.OSO. The summed E-state index contributed by atoms with van der Waals surface area (Å²) in [5.74, 6) is 0. The summed E-state index contributed by atoms with van der Waals surface area (Å²) in [6.07, 6.45) is 14.4. The molecule has 0 aromatic rings. The van der Waals surface area contributed by atoms with Gasteiger partial charge in [0.2, 0.25) is 0 Å². The van der Waals surface area contributed by atoms with Crippen LogP contribution in [0.2, 0.25) is 0 Å². The van der Waals surface area contributed by atoms with Crippen molar-refractivity contribution in [2.75, 3.05) is 0 Å². The maximum atomic E-state index is 7.04. The lowest BCUT2D eigenvalue weighted by Crippen LogP contribution is -1.80. The summed E-state index contributed by atoms with van der Waals surface area (Å²) in [5.41, 5.74) is 0. The average Bonchev–Trinajstić information content (AvgIpc) is 2.23. The molecule has 2 nitrogen and oxygen atoms in total. The summed E-state index contributed by atoms with van der Waals surface area (Å²) in [6.45, 7) is 4.56. The van der Waals surface area contributed by atoms with Crippen molar-refractivity contribution >= 4 is 12.3 Å². The predicted molar refractivity (Wildman–Crippen MR) is 70.4 cm³/mol. The Morgan fingerprint density at radius 3 is 1.00 bits per heavy atom. The Morgan fingerprint density at radius 1 is 0.600 bits per heavy atom. The summed E-state index contributed by atoms with van der Waals surface area (Å²) >= 11 is -0.250. The van der Waals surface area contributed by atoms with Crippen molar-refractivity contribution in [2.24, 2.45) is 0 Å². The topological polar surface area (TPSA) is 40.5 Å². The summed E-state index contributed by atoms with van der Waals surface area (Å²) in [4.78, 5) is 0. The molecule has 2 N–H and O–H groups in total. The van der Waals surface area contributed by atoms with Crippen LogP contribution < -0.4 is 0 Å². The van der Waals surface area contributed by atoms with Crippen LogP contribution in [0.5, 0.6) is 0 Å². The third kappa shape index (κ3) is 25.0. The van der Waals surface area contributed by atoms with Gasteiger partial charge in [0, 0.05) is 0 Å². The highest BCUT2D eigenvalue weighted by Gasteiger charge is 1.90. The third-order valence-corrected chi connectivity index (χ3v) is 2.46. The molecule has 0 spiro atoms. The molecule has 0 aliphatic carbocycles. The van der Waals surface area contributed by atoms with E-state index in [-0.39, 0.29) is 12.3 Å². The molecule has 0 aliphatic rings. The molecule has 94 valence electrons. The standard InChI is InChI=1S/C12H26.H2O2S/c1-3-5-7-9-11-12-10-8-6-4-2;1-3-2/h3-12H2,1-2H3;1-2H. The minimum absolute atomic E-state index is 0.250.